The molecule has 0 bridgehead atoms. The van der Waals surface area contributed by atoms with Crippen molar-refractivity contribution in [2.75, 3.05) is 13.2 Å². The molecule has 0 spiro atoms. The summed E-state index contributed by atoms with van der Waals surface area (Å²) in [5.41, 5.74) is 19.0. The third kappa shape index (κ3) is 6.73. The molecule has 2 aliphatic rings. The van der Waals surface area contributed by atoms with Gasteiger partial charge in [-0.2, -0.15) is 0 Å². The first kappa shape index (κ1) is 38.2. The van der Waals surface area contributed by atoms with E-state index in [-0.39, 0.29) is 23.3 Å². The Morgan fingerprint density at radius 3 is 1.03 bits per heavy atom. The molecule has 8 aromatic rings. The first-order valence-corrected chi connectivity index (χ1v) is 21.3. The SMILES string of the molecule is Cc1ccc(OCCCOc2ccc(C)cc2-c2cc(C)cc(C3c4ccccc4-c4ccccc43)c2O)c(-c2cc(C)cc(C3c4ccccc4-c4ccccc43)c2O)c1. The number of phenols is 2. The number of fused-ring (bicyclic) bond motifs is 6. The second kappa shape index (κ2) is 15.5. The topological polar surface area (TPSA) is 58.9 Å². The lowest BCUT2D eigenvalue weighted by Gasteiger charge is -2.21. The standard InChI is InChI=1S/C57H48O4/c1-34-22-24-52(46(28-34)48-30-36(3)32-50(56(48)58)54-42-18-9-5-14-38(42)39-15-6-10-19-43(39)54)60-26-13-27-61-53-25-23-35(2)29-47(53)49-31-37(4)33-51(57(49)59)55-44-20-11-7-16-40(44)41-17-8-12-21-45(41)55/h5-12,14-25,28-33,54-55,58-59H,13,26-27H2,1-4H3. The maximum Gasteiger partial charge on any atom is 0.127 e. The van der Waals surface area contributed by atoms with Crippen LogP contribution in [0.5, 0.6) is 23.0 Å². The number of rotatable bonds is 10. The number of phenolic OH excluding ortho intramolecular Hbond substituents is 2. The Morgan fingerprint density at radius 2 is 0.672 bits per heavy atom. The molecular formula is C57H48O4. The van der Waals surface area contributed by atoms with Gasteiger partial charge in [0.1, 0.15) is 23.0 Å². The molecule has 0 aromatic heterocycles. The highest BCUT2D eigenvalue weighted by Gasteiger charge is 2.34. The summed E-state index contributed by atoms with van der Waals surface area (Å²) in [6.07, 6.45) is 0.627. The van der Waals surface area contributed by atoms with Crippen LogP contribution in [0.1, 0.15) is 73.9 Å². The zero-order chi connectivity index (χ0) is 41.8. The lowest BCUT2D eigenvalue weighted by molar-refractivity contribution is 0.248. The highest BCUT2D eigenvalue weighted by atomic mass is 16.5. The highest BCUT2D eigenvalue weighted by molar-refractivity contribution is 5.86. The van der Waals surface area contributed by atoms with E-state index in [1.807, 2.05) is 12.1 Å². The third-order valence-electron chi connectivity index (χ3n) is 12.5. The molecule has 300 valence electrons. The normalized spacial score (nSPS) is 12.8. The van der Waals surface area contributed by atoms with Crippen LogP contribution in [0.25, 0.3) is 44.5 Å². The Kier molecular flexibility index (Phi) is 9.72. The van der Waals surface area contributed by atoms with Crippen molar-refractivity contribution in [1.82, 2.24) is 0 Å². The fourth-order valence-corrected chi connectivity index (χ4v) is 9.83. The molecule has 0 heterocycles. The minimum atomic E-state index is -0.0755. The molecule has 4 nitrogen and oxygen atoms in total. The first-order chi connectivity index (χ1) is 29.7. The predicted octanol–water partition coefficient (Wildman–Crippen LogP) is 13.8. The van der Waals surface area contributed by atoms with Crippen molar-refractivity contribution in [3.63, 3.8) is 0 Å². The Bertz CT molecular complexity index is 2700. The van der Waals surface area contributed by atoms with Crippen LogP contribution in [-0.4, -0.2) is 23.4 Å². The van der Waals surface area contributed by atoms with Crippen molar-refractivity contribution in [1.29, 1.82) is 0 Å². The molecule has 0 aliphatic heterocycles. The van der Waals surface area contributed by atoms with Gasteiger partial charge in [-0.3, -0.25) is 0 Å². The van der Waals surface area contributed by atoms with Crippen LogP contribution in [0.15, 0.2) is 158 Å². The number of hydrogen-bond acceptors (Lipinski definition) is 4. The van der Waals surface area contributed by atoms with Gasteiger partial charge in [0, 0.05) is 51.6 Å². The van der Waals surface area contributed by atoms with Crippen molar-refractivity contribution < 1.29 is 19.7 Å². The van der Waals surface area contributed by atoms with Crippen molar-refractivity contribution >= 4 is 0 Å². The smallest absolute Gasteiger partial charge is 0.127 e. The first-order valence-electron chi connectivity index (χ1n) is 21.3. The molecule has 61 heavy (non-hydrogen) atoms. The average Bonchev–Trinajstić information content (AvgIpc) is 3.79. The molecule has 0 amide bonds. The number of hydrogen-bond donors (Lipinski definition) is 2. The van der Waals surface area contributed by atoms with E-state index < -0.39 is 0 Å². The van der Waals surface area contributed by atoms with Crippen molar-refractivity contribution in [3.8, 4) is 67.5 Å². The van der Waals surface area contributed by atoms with E-state index in [2.05, 4.69) is 173 Å². The van der Waals surface area contributed by atoms with Crippen molar-refractivity contribution in [2.45, 2.75) is 46.0 Å². The van der Waals surface area contributed by atoms with Gasteiger partial charge in [0.25, 0.3) is 0 Å². The molecule has 0 fully saturated rings. The molecule has 0 atom stereocenters. The lowest BCUT2D eigenvalue weighted by Crippen LogP contribution is -2.07. The number of ether oxygens (including phenoxy) is 2. The van der Waals surface area contributed by atoms with E-state index in [0.29, 0.717) is 31.1 Å². The Balaban J connectivity index is 0.901. The van der Waals surface area contributed by atoms with Gasteiger partial charge in [-0.15, -0.1) is 0 Å². The third-order valence-corrected chi connectivity index (χ3v) is 12.5. The number of benzene rings is 8. The minimum absolute atomic E-state index is 0.0755. The molecule has 4 heteroatoms. The molecule has 0 unspecified atom stereocenters. The van der Waals surface area contributed by atoms with E-state index in [4.69, 9.17) is 9.47 Å². The van der Waals surface area contributed by atoms with Gasteiger partial charge in [0.15, 0.2) is 0 Å². The predicted molar refractivity (Wildman–Crippen MR) is 247 cm³/mol. The van der Waals surface area contributed by atoms with Crippen LogP contribution in [0.4, 0.5) is 0 Å². The molecule has 10 rings (SSSR count). The van der Waals surface area contributed by atoms with Gasteiger partial charge in [-0.1, -0.05) is 132 Å². The fourth-order valence-electron chi connectivity index (χ4n) is 9.83. The van der Waals surface area contributed by atoms with Gasteiger partial charge in [0.2, 0.25) is 0 Å². The number of aromatic hydroxyl groups is 2. The van der Waals surface area contributed by atoms with Crippen molar-refractivity contribution in [3.05, 3.63) is 213 Å². The molecule has 0 saturated heterocycles. The van der Waals surface area contributed by atoms with Crippen LogP contribution in [0, 0.1) is 27.7 Å². The summed E-state index contributed by atoms with van der Waals surface area (Å²) in [6.45, 7) is 9.16. The van der Waals surface area contributed by atoms with Crippen LogP contribution in [-0.2, 0) is 0 Å². The maximum absolute atomic E-state index is 12.2. The summed E-state index contributed by atoms with van der Waals surface area (Å²) in [5, 5.41) is 24.4. The summed E-state index contributed by atoms with van der Waals surface area (Å²) in [6, 6.07) is 54.8. The molecule has 2 aliphatic carbocycles. The average molecular weight is 797 g/mol. The molecule has 0 saturated carbocycles. The largest absolute Gasteiger partial charge is 0.507 e. The highest BCUT2D eigenvalue weighted by Crippen LogP contribution is 2.54. The van der Waals surface area contributed by atoms with Gasteiger partial charge < -0.3 is 19.7 Å². The summed E-state index contributed by atoms with van der Waals surface area (Å²) < 4.78 is 13.1. The van der Waals surface area contributed by atoms with Gasteiger partial charge in [-0.25, -0.2) is 0 Å². The van der Waals surface area contributed by atoms with Gasteiger partial charge in [-0.05, 0) is 120 Å². The van der Waals surface area contributed by atoms with Gasteiger partial charge in [0.05, 0.1) is 13.2 Å². The van der Waals surface area contributed by atoms with E-state index in [1.54, 1.807) is 0 Å². The molecule has 0 radical (unpaired) electrons. The van der Waals surface area contributed by atoms with E-state index in [1.165, 1.54) is 44.5 Å². The lowest BCUT2D eigenvalue weighted by atomic mass is 9.85. The Labute approximate surface area is 358 Å². The second-order valence-corrected chi connectivity index (χ2v) is 16.8. The van der Waals surface area contributed by atoms with Crippen LogP contribution >= 0.6 is 0 Å². The van der Waals surface area contributed by atoms with Crippen LogP contribution < -0.4 is 9.47 Å². The van der Waals surface area contributed by atoms with Crippen LogP contribution in [0.3, 0.4) is 0 Å². The van der Waals surface area contributed by atoms with Crippen LogP contribution in [0.2, 0.25) is 0 Å². The zero-order valence-electron chi connectivity index (χ0n) is 35.0. The van der Waals surface area contributed by atoms with Crippen molar-refractivity contribution in [2.24, 2.45) is 0 Å². The molecular weight excluding hydrogens is 749 g/mol. The maximum atomic E-state index is 12.2. The summed E-state index contributed by atoms with van der Waals surface area (Å²) in [7, 11) is 0. The van der Waals surface area contributed by atoms with E-state index >= 15 is 0 Å². The summed E-state index contributed by atoms with van der Waals surface area (Å²) in [5.74, 6) is 1.83. The Morgan fingerprint density at radius 1 is 0.344 bits per heavy atom. The van der Waals surface area contributed by atoms with E-state index in [9.17, 15) is 10.2 Å². The van der Waals surface area contributed by atoms with E-state index in [0.717, 1.165) is 55.6 Å². The Hall–Kier alpha value is -7.04. The molecule has 8 aromatic carbocycles. The summed E-state index contributed by atoms with van der Waals surface area (Å²) >= 11 is 0. The zero-order valence-corrected chi connectivity index (χ0v) is 35.0. The van der Waals surface area contributed by atoms with Gasteiger partial charge >= 0.3 is 0 Å². The fraction of sp³-hybridized carbons (Fsp3) is 0.158. The monoisotopic (exact) mass is 796 g/mol. The molecule has 2 N–H and O–H groups in total. The second-order valence-electron chi connectivity index (χ2n) is 16.8. The number of aryl methyl sites for hydroxylation is 4. The summed E-state index contributed by atoms with van der Waals surface area (Å²) in [4.78, 5) is 0. The quantitative estimate of drug-likeness (QED) is 0.135. The minimum Gasteiger partial charge on any atom is -0.507 e.